The molecule has 0 aliphatic heterocycles. The van der Waals surface area contributed by atoms with Gasteiger partial charge in [0.15, 0.2) is 5.76 Å². The Morgan fingerprint density at radius 3 is 2.64 bits per heavy atom. The first-order valence-corrected chi connectivity index (χ1v) is 10.4. The second-order valence-corrected chi connectivity index (χ2v) is 8.42. The smallest absolute Gasteiger partial charge is 0.223 e. The summed E-state index contributed by atoms with van der Waals surface area (Å²) in [5, 5.41) is 7.48. The van der Waals surface area contributed by atoms with Crippen molar-refractivity contribution in [2.75, 3.05) is 0 Å². The van der Waals surface area contributed by atoms with E-state index in [9.17, 15) is 4.79 Å². The van der Waals surface area contributed by atoms with Crippen molar-refractivity contribution in [3.63, 3.8) is 0 Å². The average Bonchev–Trinajstić information content (AvgIpc) is 3.15. The maximum Gasteiger partial charge on any atom is 0.223 e. The van der Waals surface area contributed by atoms with Crippen molar-refractivity contribution in [2.45, 2.75) is 66.0 Å². The summed E-state index contributed by atoms with van der Waals surface area (Å²) in [4.78, 5) is 12.4. The maximum atomic E-state index is 12.4. The van der Waals surface area contributed by atoms with Gasteiger partial charge in [0.25, 0.3) is 0 Å². The molecular formula is C23H32N2O3. The number of hydrogen-bond donors (Lipinski definition) is 1. The summed E-state index contributed by atoms with van der Waals surface area (Å²) in [6.45, 7) is 8.99. The van der Waals surface area contributed by atoms with Gasteiger partial charge in [-0.3, -0.25) is 4.79 Å². The third-order valence-corrected chi connectivity index (χ3v) is 6.33. The minimum atomic E-state index is 0.0569. The van der Waals surface area contributed by atoms with Gasteiger partial charge in [-0.2, -0.15) is 0 Å². The zero-order valence-electron chi connectivity index (χ0n) is 17.4. The van der Waals surface area contributed by atoms with Crippen LogP contribution in [0.1, 0.15) is 58.4 Å². The molecule has 5 heteroatoms. The molecule has 1 fully saturated rings. The van der Waals surface area contributed by atoms with Gasteiger partial charge in [0.2, 0.25) is 5.91 Å². The Morgan fingerprint density at radius 1 is 1.29 bits per heavy atom. The number of hydrogen-bond acceptors (Lipinski definition) is 4. The lowest BCUT2D eigenvalue weighted by Gasteiger charge is -2.52. The molecule has 0 saturated heterocycles. The largest absolute Gasteiger partial charge is 0.486 e. The van der Waals surface area contributed by atoms with Crippen LogP contribution in [-0.2, 0) is 17.8 Å². The van der Waals surface area contributed by atoms with E-state index in [2.05, 4.69) is 38.2 Å². The van der Waals surface area contributed by atoms with E-state index in [4.69, 9.17) is 9.26 Å². The van der Waals surface area contributed by atoms with Crippen LogP contribution in [0.15, 0.2) is 40.9 Å². The van der Waals surface area contributed by atoms with E-state index in [-0.39, 0.29) is 23.3 Å². The molecule has 2 atom stereocenters. The Morgan fingerprint density at radius 2 is 2.00 bits per heavy atom. The second-order valence-electron chi connectivity index (χ2n) is 8.42. The number of ether oxygens (including phenoxy) is 1. The van der Waals surface area contributed by atoms with Crippen LogP contribution in [0.25, 0.3) is 0 Å². The Labute approximate surface area is 167 Å². The van der Waals surface area contributed by atoms with Crippen molar-refractivity contribution in [1.29, 1.82) is 0 Å². The molecule has 0 spiro atoms. The van der Waals surface area contributed by atoms with E-state index in [1.807, 2.05) is 36.4 Å². The van der Waals surface area contributed by atoms with Crippen LogP contribution in [0.5, 0.6) is 5.75 Å². The van der Waals surface area contributed by atoms with E-state index < -0.39 is 0 Å². The van der Waals surface area contributed by atoms with E-state index in [0.29, 0.717) is 12.5 Å². The summed E-state index contributed by atoms with van der Waals surface area (Å²) in [5.41, 5.74) is 1.01. The van der Waals surface area contributed by atoms with E-state index >= 15 is 0 Å². The fraction of sp³-hybridized carbons (Fsp3) is 0.565. The maximum absolute atomic E-state index is 12.4. The van der Waals surface area contributed by atoms with Crippen LogP contribution in [-0.4, -0.2) is 17.1 Å². The lowest BCUT2D eigenvalue weighted by Crippen LogP contribution is -2.59. The van der Waals surface area contributed by atoms with Crippen molar-refractivity contribution in [1.82, 2.24) is 10.5 Å². The third kappa shape index (κ3) is 4.57. The molecule has 3 rings (SSSR count). The highest BCUT2D eigenvalue weighted by Gasteiger charge is 2.48. The molecule has 1 amide bonds. The monoisotopic (exact) mass is 384 g/mol. The summed E-state index contributed by atoms with van der Waals surface area (Å²) in [5.74, 6) is 2.35. The summed E-state index contributed by atoms with van der Waals surface area (Å²) in [7, 11) is 0. The third-order valence-electron chi connectivity index (χ3n) is 6.33. The molecule has 1 aromatic carbocycles. The summed E-state index contributed by atoms with van der Waals surface area (Å²) in [6.07, 6.45) is 3.64. The first kappa shape index (κ1) is 20.4. The number of aromatic nitrogens is 1. The number of para-hydroxylation sites is 1. The number of nitrogens with one attached hydrogen (secondary N) is 1. The van der Waals surface area contributed by atoms with Gasteiger partial charge in [0, 0.05) is 18.0 Å². The standard InChI is InChI=1S/C23H32N2O3/c1-5-16(6-2)22(26)24-21-13-17(23(21,3)4)12-18-14-20(28-25-18)15-27-19-10-8-7-9-11-19/h7-11,14,16-17,21H,5-6,12-13,15H2,1-4H3,(H,24,26)/t17-,21+/m1/s1. The summed E-state index contributed by atoms with van der Waals surface area (Å²) < 4.78 is 11.1. The molecule has 1 heterocycles. The van der Waals surface area contributed by atoms with Gasteiger partial charge in [-0.15, -0.1) is 0 Å². The van der Waals surface area contributed by atoms with Crippen LogP contribution in [0.3, 0.4) is 0 Å². The first-order chi connectivity index (χ1) is 13.4. The zero-order valence-corrected chi connectivity index (χ0v) is 17.4. The second kappa shape index (κ2) is 8.80. The average molecular weight is 385 g/mol. The molecule has 1 aliphatic rings. The van der Waals surface area contributed by atoms with Gasteiger partial charge in [-0.25, -0.2) is 0 Å². The lowest BCUT2D eigenvalue weighted by atomic mass is 9.57. The molecule has 1 saturated carbocycles. The number of rotatable bonds is 9. The van der Waals surface area contributed by atoms with E-state index in [1.54, 1.807) is 0 Å². The molecular weight excluding hydrogens is 352 g/mol. The van der Waals surface area contributed by atoms with Gasteiger partial charge >= 0.3 is 0 Å². The molecule has 0 radical (unpaired) electrons. The lowest BCUT2D eigenvalue weighted by molar-refractivity contribution is -0.129. The first-order valence-electron chi connectivity index (χ1n) is 10.4. The highest BCUT2D eigenvalue weighted by molar-refractivity contribution is 5.79. The fourth-order valence-electron chi connectivity index (χ4n) is 4.00. The summed E-state index contributed by atoms with van der Waals surface area (Å²) in [6, 6.07) is 11.9. The Hall–Kier alpha value is -2.30. The molecule has 152 valence electrons. The van der Waals surface area contributed by atoms with E-state index in [0.717, 1.165) is 42.9 Å². The topological polar surface area (TPSA) is 64.4 Å². The number of carbonyl (C=O) groups excluding carboxylic acids is 1. The van der Waals surface area contributed by atoms with Crippen molar-refractivity contribution in [3.05, 3.63) is 47.9 Å². The molecule has 1 N–H and O–H groups in total. The Balaban J connectivity index is 1.50. The molecule has 0 unspecified atom stereocenters. The van der Waals surface area contributed by atoms with Crippen LogP contribution in [0, 0.1) is 17.3 Å². The van der Waals surface area contributed by atoms with Crippen molar-refractivity contribution >= 4 is 5.91 Å². The number of nitrogens with zero attached hydrogens (tertiary/aromatic N) is 1. The minimum absolute atomic E-state index is 0.0569. The van der Waals surface area contributed by atoms with Gasteiger partial charge in [0.05, 0.1) is 5.69 Å². The van der Waals surface area contributed by atoms with Crippen molar-refractivity contribution in [2.24, 2.45) is 17.3 Å². The Kier molecular flexibility index (Phi) is 6.42. The molecule has 1 aliphatic carbocycles. The van der Waals surface area contributed by atoms with Crippen LogP contribution in [0.4, 0.5) is 0 Å². The zero-order chi connectivity index (χ0) is 20.1. The van der Waals surface area contributed by atoms with Crippen LogP contribution < -0.4 is 10.1 Å². The predicted molar refractivity (Wildman–Crippen MR) is 109 cm³/mol. The van der Waals surface area contributed by atoms with Crippen LogP contribution in [0.2, 0.25) is 0 Å². The van der Waals surface area contributed by atoms with Gasteiger partial charge < -0.3 is 14.6 Å². The van der Waals surface area contributed by atoms with Gasteiger partial charge in [-0.05, 0) is 49.1 Å². The highest BCUT2D eigenvalue weighted by atomic mass is 16.5. The molecule has 5 nitrogen and oxygen atoms in total. The molecule has 1 aromatic heterocycles. The van der Waals surface area contributed by atoms with E-state index in [1.165, 1.54) is 0 Å². The molecule has 2 aromatic rings. The molecule has 0 bridgehead atoms. The number of carbonyl (C=O) groups is 1. The number of amides is 1. The van der Waals surface area contributed by atoms with Gasteiger partial charge in [0.1, 0.15) is 12.4 Å². The molecule has 28 heavy (non-hydrogen) atoms. The normalized spacial score (nSPS) is 20.6. The Bertz CT molecular complexity index is 765. The highest BCUT2D eigenvalue weighted by Crippen LogP contribution is 2.47. The number of benzene rings is 1. The van der Waals surface area contributed by atoms with Gasteiger partial charge in [-0.1, -0.05) is 51.1 Å². The minimum Gasteiger partial charge on any atom is -0.486 e. The SMILES string of the molecule is CCC(CC)C(=O)N[C@H]1C[C@@H](Cc2cc(COc3ccccc3)on2)C1(C)C. The quantitative estimate of drug-likeness (QED) is 0.677. The van der Waals surface area contributed by atoms with Crippen LogP contribution >= 0.6 is 0 Å². The fourth-order valence-corrected chi connectivity index (χ4v) is 4.00. The summed E-state index contributed by atoms with van der Waals surface area (Å²) >= 11 is 0. The predicted octanol–water partition coefficient (Wildman–Crippen LogP) is 4.76. The van der Waals surface area contributed by atoms with Crippen molar-refractivity contribution in [3.8, 4) is 5.75 Å². The van der Waals surface area contributed by atoms with Crippen molar-refractivity contribution < 1.29 is 14.1 Å².